The molecule has 0 bridgehead atoms. The van der Waals surface area contributed by atoms with Gasteiger partial charge in [-0.15, -0.1) is 11.3 Å². The number of hydrogen-bond acceptors (Lipinski definition) is 5. The van der Waals surface area contributed by atoms with Crippen molar-refractivity contribution in [2.75, 3.05) is 25.6 Å². The van der Waals surface area contributed by atoms with Gasteiger partial charge in [0.05, 0.1) is 29.4 Å². The van der Waals surface area contributed by atoms with Gasteiger partial charge >= 0.3 is 6.03 Å². The van der Waals surface area contributed by atoms with Crippen molar-refractivity contribution in [3.05, 3.63) is 50.9 Å². The van der Waals surface area contributed by atoms with Gasteiger partial charge in [0.2, 0.25) is 0 Å². The van der Waals surface area contributed by atoms with E-state index in [9.17, 15) is 9.59 Å². The van der Waals surface area contributed by atoms with Crippen molar-refractivity contribution < 1.29 is 18.7 Å². The molecule has 0 saturated heterocycles. The lowest BCUT2D eigenvalue weighted by atomic mass is 9.74. The van der Waals surface area contributed by atoms with Crippen molar-refractivity contribution in [3.63, 3.8) is 0 Å². The molecule has 9 heteroatoms. The first-order valence-electron chi connectivity index (χ1n) is 11.2. The molecule has 2 aliphatic rings. The molecule has 5 rings (SSSR count). The summed E-state index contributed by atoms with van der Waals surface area (Å²) in [7, 11) is 1.62. The lowest BCUT2D eigenvalue weighted by Crippen LogP contribution is -2.52. The zero-order valence-electron chi connectivity index (χ0n) is 18.4. The number of ether oxygens (including phenoxy) is 1. The monoisotopic (exact) mass is 487 g/mol. The zero-order valence-corrected chi connectivity index (χ0v) is 20.0. The van der Waals surface area contributed by atoms with Crippen molar-refractivity contribution in [1.29, 1.82) is 0 Å². The standard InChI is InChI=1S/C24H26ClN3O4S/c1-31-10-9-28(14-16-6-5-11-33-16)22(29)18-13-15-12-17(25)20-19(21(15)32-18)24(27-23(30)26-20)7-3-2-4-8-24/h5-6,11-13H,2-4,7-10,14H2,1H3,(H2,26,27,30). The first-order valence-corrected chi connectivity index (χ1v) is 12.4. The predicted molar refractivity (Wildman–Crippen MR) is 129 cm³/mol. The Morgan fingerprint density at radius 3 is 2.85 bits per heavy atom. The number of halogens is 1. The Bertz CT molecular complexity index is 1180. The number of carbonyl (C=O) groups is 2. The third-order valence-electron chi connectivity index (χ3n) is 6.53. The molecule has 33 heavy (non-hydrogen) atoms. The Morgan fingerprint density at radius 2 is 2.12 bits per heavy atom. The molecule has 3 amide bonds. The van der Waals surface area contributed by atoms with Crippen LogP contribution in [0.4, 0.5) is 10.5 Å². The summed E-state index contributed by atoms with van der Waals surface area (Å²) < 4.78 is 11.5. The number of urea groups is 1. The fraction of sp³-hybridized carbons (Fsp3) is 0.417. The van der Waals surface area contributed by atoms with Gasteiger partial charge in [0.25, 0.3) is 5.91 Å². The summed E-state index contributed by atoms with van der Waals surface area (Å²) in [5.41, 5.74) is 1.50. The van der Waals surface area contributed by atoms with E-state index in [4.69, 9.17) is 20.8 Å². The van der Waals surface area contributed by atoms with Crippen molar-refractivity contribution >= 4 is 51.5 Å². The fourth-order valence-electron chi connectivity index (χ4n) is 4.99. The smallest absolute Gasteiger partial charge is 0.319 e. The molecule has 0 radical (unpaired) electrons. The topological polar surface area (TPSA) is 83.8 Å². The van der Waals surface area contributed by atoms with Gasteiger partial charge in [-0.05, 0) is 36.4 Å². The molecular formula is C24H26ClN3O4S. The summed E-state index contributed by atoms with van der Waals surface area (Å²) in [5, 5.41) is 9.21. The molecule has 1 aliphatic carbocycles. The second-order valence-corrected chi connectivity index (χ2v) is 10.1. The van der Waals surface area contributed by atoms with Crippen LogP contribution in [0.15, 0.2) is 34.1 Å². The van der Waals surface area contributed by atoms with Gasteiger partial charge in [-0.1, -0.05) is 36.9 Å². The van der Waals surface area contributed by atoms with Gasteiger partial charge in [-0.3, -0.25) is 4.79 Å². The number of hydrogen-bond donors (Lipinski definition) is 2. The zero-order chi connectivity index (χ0) is 23.0. The van der Waals surface area contributed by atoms with E-state index in [0.717, 1.165) is 47.9 Å². The van der Waals surface area contributed by atoms with E-state index in [-0.39, 0.29) is 17.7 Å². The number of rotatable bonds is 6. The van der Waals surface area contributed by atoms with Crippen molar-refractivity contribution in [2.24, 2.45) is 0 Å². The first kappa shape index (κ1) is 22.3. The molecule has 1 fully saturated rings. The number of carbonyl (C=O) groups excluding carboxylic acids is 2. The molecule has 1 saturated carbocycles. The van der Waals surface area contributed by atoms with Crippen LogP contribution in [0.3, 0.4) is 0 Å². The van der Waals surface area contributed by atoms with Crippen LogP contribution in [-0.2, 0) is 16.8 Å². The van der Waals surface area contributed by atoms with Gasteiger partial charge in [0.1, 0.15) is 5.58 Å². The third kappa shape index (κ3) is 4.11. The number of nitrogens with zero attached hydrogens (tertiary/aromatic N) is 1. The Kier molecular flexibility index (Phi) is 6.07. The van der Waals surface area contributed by atoms with Crippen LogP contribution in [0, 0.1) is 0 Å². The number of nitrogens with one attached hydrogen (secondary N) is 2. The second-order valence-electron chi connectivity index (χ2n) is 8.66. The first-order chi connectivity index (χ1) is 16.0. The molecule has 3 aromatic rings. The summed E-state index contributed by atoms with van der Waals surface area (Å²) in [4.78, 5) is 28.8. The van der Waals surface area contributed by atoms with E-state index in [1.807, 2.05) is 17.5 Å². The lowest BCUT2D eigenvalue weighted by Gasteiger charge is -2.42. The van der Waals surface area contributed by atoms with Gasteiger partial charge in [0, 0.05) is 29.5 Å². The molecule has 0 unspecified atom stereocenters. The van der Waals surface area contributed by atoms with Gasteiger partial charge in [0.15, 0.2) is 5.76 Å². The summed E-state index contributed by atoms with van der Waals surface area (Å²) in [6.45, 7) is 1.36. The molecule has 2 N–H and O–H groups in total. The number of fused-ring (bicyclic) bond motifs is 4. The molecule has 1 spiro atoms. The molecule has 7 nitrogen and oxygen atoms in total. The number of methoxy groups -OCH3 is 1. The van der Waals surface area contributed by atoms with E-state index in [1.165, 1.54) is 0 Å². The quantitative estimate of drug-likeness (QED) is 0.465. The van der Waals surface area contributed by atoms with Gasteiger partial charge < -0.3 is 24.7 Å². The average molecular weight is 488 g/mol. The highest BCUT2D eigenvalue weighted by atomic mass is 35.5. The van der Waals surface area contributed by atoms with E-state index in [1.54, 1.807) is 35.5 Å². The van der Waals surface area contributed by atoms with Crippen LogP contribution in [0.25, 0.3) is 11.0 Å². The van der Waals surface area contributed by atoms with Crippen LogP contribution in [0.5, 0.6) is 0 Å². The van der Waals surface area contributed by atoms with Crippen LogP contribution < -0.4 is 10.6 Å². The molecule has 0 atom stereocenters. The van der Waals surface area contributed by atoms with Crippen LogP contribution in [0.1, 0.15) is 53.1 Å². The molecule has 2 aromatic heterocycles. The Hall–Kier alpha value is -2.55. The number of thiophene rings is 1. The maximum absolute atomic E-state index is 13.5. The fourth-order valence-corrected chi connectivity index (χ4v) is 5.97. The Labute approximate surface area is 201 Å². The Balaban J connectivity index is 1.57. The average Bonchev–Trinajstić information content (AvgIpc) is 3.46. The number of furan rings is 1. The maximum Gasteiger partial charge on any atom is 0.319 e. The SMILES string of the molecule is COCCN(Cc1cccs1)C(=O)c1cc2cc(Cl)c3c(c2o1)C1(CCCCC1)NC(=O)N3. The third-order valence-corrected chi connectivity index (χ3v) is 7.69. The van der Waals surface area contributed by atoms with Gasteiger partial charge in [-0.25, -0.2) is 4.79 Å². The summed E-state index contributed by atoms with van der Waals surface area (Å²) in [6.07, 6.45) is 4.76. The number of anilines is 1. The van der Waals surface area contributed by atoms with Crippen LogP contribution in [-0.4, -0.2) is 37.1 Å². The minimum atomic E-state index is -0.538. The number of amides is 3. The largest absolute Gasteiger partial charge is 0.450 e. The van der Waals surface area contributed by atoms with E-state index in [0.29, 0.717) is 36.0 Å². The molecule has 3 heterocycles. The van der Waals surface area contributed by atoms with Crippen molar-refractivity contribution in [1.82, 2.24) is 10.2 Å². The minimum Gasteiger partial charge on any atom is -0.450 e. The maximum atomic E-state index is 13.5. The van der Waals surface area contributed by atoms with Crippen molar-refractivity contribution in [3.8, 4) is 0 Å². The Morgan fingerprint density at radius 1 is 1.30 bits per heavy atom. The summed E-state index contributed by atoms with van der Waals surface area (Å²) >= 11 is 8.22. The van der Waals surface area contributed by atoms with E-state index < -0.39 is 5.54 Å². The highest BCUT2D eigenvalue weighted by Crippen LogP contribution is 2.49. The molecular weight excluding hydrogens is 462 g/mol. The molecule has 174 valence electrons. The van der Waals surface area contributed by atoms with Crippen LogP contribution >= 0.6 is 22.9 Å². The molecule has 1 aliphatic heterocycles. The lowest BCUT2D eigenvalue weighted by molar-refractivity contribution is 0.0653. The summed E-state index contributed by atoms with van der Waals surface area (Å²) in [5.74, 6) is 0.0528. The van der Waals surface area contributed by atoms with E-state index >= 15 is 0 Å². The molecule has 1 aromatic carbocycles. The highest BCUT2D eigenvalue weighted by molar-refractivity contribution is 7.09. The normalized spacial score (nSPS) is 17.0. The van der Waals surface area contributed by atoms with Gasteiger partial charge in [-0.2, -0.15) is 0 Å². The van der Waals surface area contributed by atoms with E-state index in [2.05, 4.69) is 10.6 Å². The second kappa shape index (κ2) is 9.00. The predicted octanol–water partition coefficient (Wildman–Crippen LogP) is 5.73. The van der Waals surface area contributed by atoms with Crippen LogP contribution in [0.2, 0.25) is 5.02 Å². The highest BCUT2D eigenvalue weighted by Gasteiger charge is 2.44. The number of benzene rings is 1. The van der Waals surface area contributed by atoms with Crippen molar-refractivity contribution in [2.45, 2.75) is 44.2 Å². The minimum absolute atomic E-state index is 0.202. The summed E-state index contributed by atoms with van der Waals surface area (Å²) in [6, 6.07) is 7.24.